The molecule has 19 heavy (non-hydrogen) atoms. The van der Waals surface area contributed by atoms with Gasteiger partial charge in [-0.3, -0.25) is 0 Å². The van der Waals surface area contributed by atoms with E-state index in [1.54, 1.807) is 0 Å². The summed E-state index contributed by atoms with van der Waals surface area (Å²) in [5.41, 5.74) is 8.05. The van der Waals surface area contributed by atoms with Gasteiger partial charge >= 0.3 is 0 Å². The summed E-state index contributed by atoms with van der Waals surface area (Å²) in [5.74, 6) is 0. The number of nitrogens with one attached hydrogen (secondary N) is 1. The molecule has 0 saturated carbocycles. The lowest BCUT2D eigenvalue weighted by Crippen LogP contribution is -2.31. The molecule has 0 saturated heterocycles. The number of hydrogen-bond acceptors (Lipinski definition) is 4. The summed E-state index contributed by atoms with van der Waals surface area (Å²) in [6, 6.07) is 7.57. The summed E-state index contributed by atoms with van der Waals surface area (Å²) in [4.78, 5) is 2.22. The molecule has 3 N–H and O–H groups in total. The van der Waals surface area contributed by atoms with E-state index in [-0.39, 0.29) is 12.6 Å². The highest BCUT2D eigenvalue weighted by Crippen LogP contribution is 2.19. The van der Waals surface area contributed by atoms with Crippen LogP contribution in [0.25, 0.3) is 0 Å². The van der Waals surface area contributed by atoms with Crippen LogP contribution < -0.4 is 15.4 Å². The monoisotopic (exact) mass is 285 g/mol. The standard InChI is InChI=1S/C13H23N3O2S/c1-4-16(5-2)12-8-6-7-11(9-12)13(14)10-15-19(3,17)18/h6-9,13,15H,4-5,10,14H2,1-3H3. The average molecular weight is 285 g/mol. The highest BCUT2D eigenvalue weighted by Gasteiger charge is 2.10. The number of sulfonamides is 1. The molecule has 0 amide bonds. The van der Waals surface area contributed by atoms with Crippen molar-refractivity contribution in [1.29, 1.82) is 0 Å². The van der Waals surface area contributed by atoms with E-state index in [9.17, 15) is 8.42 Å². The van der Waals surface area contributed by atoms with Gasteiger partial charge in [-0.25, -0.2) is 13.1 Å². The molecule has 0 bridgehead atoms. The summed E-state index contributed by atoms with van der Waals surface area (Å²) in [5, 5.41) is 0. The lowest BCUT2D eigenvalue weighted by Gasteiger charge is -2.22. The Bertz CT molecular complexity index is 498. The largest absolute Gasteiger partial charge is 0.372 e. The van der Waals surface area contributed by atoms with Gasteiger partial charge in [0.2, 0.25) is 10.0 Å². The van der Waals surface area contributed by atoms with E-state index in [4.69, 9.17) is 5.73 Å². The molecule has 6 heteroatoms. The Morgan fingerprint density at radius 2 is 1.95 bits per heavy atom. The van der Waals surface area contributed by atoms with Crippen molar-refractivity contribution in [3.05, 3.63) is 29.8 Å². The molecule has 0 radical (unpaired) electrons. The maximum atomic E-state index is 11.1. The van der Waals surface area contributed by atoms with Gasteiger partial charge in [0.1, 0.15) is 0 Å². The van der Waals surface area contributed by atoms with E-state index in [0.717, 1.165) is 30.6 Å². The Balaban J connectivity index is 2.81. The maximum absolute atomic E-state index is 11.1. The van der Waals surface area contributed by atoms with Crippen LogP contribution in [0.3, 0.4) is 0 Å². The Morgan fingerprint density at radius 3 is 2.47 bits per heavy atom. The SMILES string of the molecule is CCN(CC)c1cccc(C(N)CNS(C)(=O)=O)c1. The van der Waals surface area contributed by atoms with Crippen LogP contribution >= 0.6 is 0 Å². The molecular formula is C13H23N3O2S. The van der Waals surface area contributed by atoms with Crippen LogP contribution in [0.15, 0.2) is 24.3 Å². The first-order chi connectivity index (χ1) is 8.87. The molecule has 1 atom stereocenters. The van der Waals surface area contributed by atoms with E-state index in [1.807, 2.05) is 24.3 Å². The van der Waals surface area contributed by atoms with Crippen molar-refractivity contribution in [3.63, 3.8) is 0 Å². The third-order valence-electron chi connectivity index (χ3n) is 2.99. The first-order valence-corrected chi connectivity index (χ1v) is 8.31. The van der Waals surface area contributed by atoms with Gasteiger partial charge in [-0.15, -0.1) is 0 Å². The molecule has 1 unspecified atom stereocenters. The van der Waals surface area contributed by atoms with Crippen molar-refractivity contribution in [3.8, 4) is 0 Å². The quantitative estimate of drug-likeness (QED) is 0.786. The molecule has 0 aliphatic carbocycles. The van der Waals surface area contributed by atoms with Crippen molar-refractivity contribution in [2.24, 2.45) is 5.73 Å². The second kappa shape index (κ2) is 6.88. The highest BCUT2D eigenvalue weighted by atomic mass is 32.2. The Morgan fingerprint density at radius 1 is 1.32 bits per heavy atom. The van der Waals surface area contributed by atoms with Crippen molar-refractivity contribution in [2.75, 3.05) is 30.8 Å². The minimum Gasteiger partial charge on any atom is -0.372 e. The van der Waals surface area contributed by atoms with E-state index < -0.39 is 10.0 Å². The molecule has 0 aromatic heterocycles. The molecule has 0 fully saturated rings. The normalized spacial score (nSPS) is 13.3. The molecule has 1 aromatic rings. The Hall–Kier alpha value is -1.11. The fourth-order valence-electron chi connectivity index (χ4n) is 1.90. The summed E-state index contributed by atoms with van der Waals surface area (Å²) < 4.78 is 24.6. The average Bonchev–Trinajstić information content (AvgIpc) is 2.37. The number of rotatable bonds is 7. The molecule has 0 spiro atoms. The highest BCUT2D eigenvalue weighted by molar-refractivity contribution is 7.88. The molecule has 5 nitrogen and oxygen atoms in total. The number of benzene rings is 1. The first-order valence-electron chi connectivity index (χ1n) is 6.42. The zero-order valence-electron chi connectivity index (χ0n) is 11.8. The van der Waals surface area contributed by atoms with E-state index in [0.29, 0.717) is 0 Å². The van der Waals surface area contributed by atoms with Crippen molar-refractivity contribution in [1.82, 2.24) is 4.72 Å². The summed E-state index contributed by atoms with van der Waals surface area (Å²) in [6.07, 6.45) is 1.13. The lowest BCUT2D eigenvalue weighted by molar-refractivity contribution is 0.578. The summed E-state index contributed by atoms with van der Waals surface area (Å²) in [7, 11) is -3.20. The molecule has 0 aliphatic rings. The van der Waals surface area contributed by atoms with Gasteiger partial charge in [0.05, 0.1) is 6.26 Å². The van der Waals surface area contributed by atoms with Crippen LogP contribution in [-0.2, 0) is 10.0 Å². The molecule has 0 heterocycles. The second-order valence-electron chi connectivity index (χ2n) is 4.49. The van der Waals surface area contributed by atoms with Crippen LogP contribution in [0, 0.1) is 0 Å². The number of nitrogens with two attached hydrogens (primary N) is 1. The molecule has 108 valence electrons. The predicted octanol–water partition coefficient (Wildman–Crippen LogP) is 1.08. The third-order valence-corrected chi connectivity index (χ3v) is 3.68. The third kappa shape index (κ3) is 5.18. The number of nitrogens with zero attached hydrogens (tertiary/aromatic N) is 1. The fraction of sp³-hybridized carbons (Fsp3) is 0.538. The van der Waals surface area contributed by atoms with E-state index >= 15 is 0 Å². The van der Waals surface area contributed by atoms with Crippen LogP contribution in [0.5, 0.6) is 0 Å². The maximum Gasteiger partial charge on any atom is 0.208 e. The van der Waals surface area contributed by atoms with Gasteiger partial charge in [0, 0.05) is 31.4 Å². The number of anilines is 1. The van der Waals surface area contributed by atoms with E-state index in [2.05, 4.69) is 23.5 Å². The Kier molecular flexibility index (Phi) is 5.78. The minimum absolute atomic E-state index is 0.209. The van der Waals surface area contributed by atoms with Gasteiger partial charge in [-0.05, 0) is 31.5 Å². The Labute approximate surface area is 115 Å². The fourth-order valence-corrected chi connectivity index (χ4v) is 2.38. The lowest BCUT2D eigenvalue weighted by atomic mass is 10.1. The van der Waals surface area contributed by atoms with Crippen molar-refractivity contribution < 1.29 is 8.42 Å². The first kappa shape index (κ1) is 15.9. The topological polar surface area (TPSA) is 75.4 Å². The smallest absolute Gasteiger partial charge is 0.208 e. The molecular weight excluding hydrogens is 262 g/mol. The van der Waals surface area contributed by atoms with Gasteiger partial charge in [0.25, 0.3) is 0 Å². The van der Waals surface area contributed by atoms with Gasteiger partial charge in [-0.2, -0.15) is 0 Å². The molecule has 0 aliphatic heterocycles. The van der Waals surface area contributed by atoms with Crippen LogP contribution in [-0.4, -0.2) is 34.3 Å². The zero-order valence-corrected chi connectivity index (χ0v) is 12.6. The predicted molar refractivity (Wildman–Crippen MR) is 79.8 cm³/mol. The van der Waals surface area contributed by atoms with E-state index in [1.165, 1.54) is 0 Å². The molecule has 1 aromatic carbocycles. The van der Waals surface area contributed by atoms with Crippen molar-refractivity contribution in [2.45, 2.75) is 19.9 Å². The molecule has 1 rings (SSSR count). The summed E-state index contributed by atoms with van der Waals surface area (Å²) in [6.45, 7) is 6.26. The van der Waals surface area contributed by atoms with Gasteiger partial charge in [0.15, 0.2) is 0 Å². The van der Waals surface area contributed by atoms with Crippen molar-refractivity contribution >= 4 is 15.7 Å². The minimum atomic E-state index is -3.20. The van der Waals surface area contributed by atoms with Crippen LogP contribution in [0.1, 0.15) is 25.5 Å². The van der Waals surface area contributed by atoms with Gasteiger partial charge in [-0.1, -0.05) is 12.1 Å². The second-order valence-corrected chi connectivity index (χ2v) is 6.33. The number of hydrogen-bond donors (Lipinski definition) is 2. The van der Waals surface area contributed by atoms with Crippen LogP contribution in [0.2, 0.25) is 0 Å². The van der Waals surface area contributed by atoms with Crippen LogP contribution in [0.4, 0.5) is 5.69 Å². The van der Waals surface area contributed by atoms with Gasteiger partial charge < -0.3 is 10.6 Å². The summed E-state index contributed by atoms with van der Waals surface area (Å²) >= 11 is 0. The zero-order chi connectivity index (χ0) is 14.5.